The summed E-state index contributed by atoms with van der Waals surface area (Å²) in [5.74, 6) is -0.279. The van der Waals surface area contributed by atoms with Gasteiger partial charge in [0.2, 0.25) is 5.91 Å². The van der Waals surface area contributed by atoms with Crippen molar-refractivity contribution in [2.45, 2.75) is 63.8 Å². The highest BCUT2D eigenvalue weighted by atomic mass is 16.4. The number of piperidine rings is 1. The number of carbonyl (C=O) groups is 2. The van der Waals surface area contributed by atoms with Crippen molar-refractivity contribution in [1.29, 1.82) is 0 Å². The molecule has 1 atom stereocenters. The van der Waals surface area contributed by atoms with Crippen LogP contribution in [0.1, 0.15) is 57.8 Å². The second-order valence-corrected chi connectivity index (χ2v) is 6.90. The van der Waals surface area contributed by atoms with Crippen LogP contribution in [0.5, 0.6) is 0 Å². The molecule has 2 heterocycles. The molecule has 2 fully saturated rings. The van der Waals surface area contributed by atoms with Gasteiger partial charge in [0.15, 0.2) is 0 Å². The number of hydrogen-bond acceptors (Lipinski definition) is 3. The van der Waals surface area contributed by atoms with E-state index < -0.39 is 5.97 Å². The highest BCUT2D eigenvalue weighted by molar-refractivity contribution is 5.79. The summed E-state index contributed by atoms with van der Waals surface area (Å²) in [5.41, 5.74) is 0. The van der Waals surface area contributed by atoms with Gasteiger partial charge in [-0.1, -0.05) is 12.8 Å². The third-order valence-corrected chi connectivity index (χ3v) is 5.16. The lowest BCUT2D eigenvalue weighted by Gasteiger charge is -2.38. The first-order valence-electron chi connectivity index (χ1n) is 8.78. The Morgan fingerprint density at radius 2 is 1.86 bits per heavy atom. The molecule has 0 aliphatic carbocycles. The number of unbranched alkanes of at least 4 members (excludes halogenated alkanes) is 1. The number of rotatable bonds is 6. The van der Waals surface area contributed by atoms with Crippen molar-refractivity contribution >= 4 is 11.9 Å². The molecule has 0 saturated carbocycles. The number of amides is 1. The zero-order chi connectivity index (χ0) is 15.9. The van der Waals surface area contributed by atoms with E-state index in [0.717, 1.165) is 64.6 Å². The molecule has 1 N–H and O–H groups in total. The molecular formula is C17H30N2O3. The van der Waals surface area contributed by atoms with Crippen LogP contribution in [0.25, 0.3) is 0 Å². The minimum absolute atomic E-state index is 0.121. The van der Waals surface area contributed by atoms with E-state index in [1.165, 1.54) is 0 Å². The molecule has 5 nitrogen and oxygen atoms in total. The van der Waals surface area contributed by atoms with Gasteiger partial charge in [0.1, 0.15) is 0 Å². The summed E-state index contributed by atoms with van der Waals surface area (Å²) in [7, 11) is 2.14. The van der Waals surface area contributed by atoms with Crippen LogP contribution < -0.4 is 0 Å². The predicted octanol–water partition coefficient (Wildman–Crippen LogP) is 2.35. The van der Waals surface area contributed by atoms with Gasteiger partial charge in [0.25, 0.3) is 0 Å². The third-order valence-electron chi connectivity index (χ3n) is 5.16. The molecule has 0 radical (unpaired) electrons. The normalized spacial score (nSPS) is 25.2. The maximum Gasteiger partial charge on any atom is 0.303 e. The largest absolute Gasteiger partial charge is 0.481 e. The highest BCUT2D eigenvalue weighted by Gasteiger charge is 2.32. The van der Waals surface area contributed by atoms with E-state index in [0.29, 0.717) is 18.4 Å². The van der Waals surface area contributed by atoms with Gasteiger partial charge in [-0.3, -0.25) is 9.59 Å². The van der Waals surface area contributed by atoms with E-state index >= 15 is 0 Å². The van der Waals surface area contributed by atoms with Crippen molar-refractivity contribution in [1.82, 2.24) is 9.80 Å². The Morgan fingerprint density at radius 1 is 1.14 bits per heavy atom. The van der Waals surface area contributed by atoms with E-state index in [1.54, 1.807) is 0 Å². The molecule has 2 saturated heterocycles. The lowest BCUT2D eigenvalue weighted by atomic mass is 9.94. The van der Waals surface area contributed by atoms with E-state index in [1.807, 2.05) is 0 Å². The number of hydrogen-bond donors (Lipinski definition) is 1. The molecule has 2 aliphatic heterocycles. The summed E-state index contributed by atoms with van der Waals surface area (Å²) in [4.78, 5) is 27.9. The molecule has 0 spiro atoms. The molecule has 0 bridgehead atoms. The molecule has 0 aromatic heterocycles. The average Bonchev–Trinajstić information content (AvgIpc) is 2.67. The molecule has 5 heteroatoms. The summed E-state index contributed by atoms with van der Waals surface area (Å²) in [6, 6.07) is 0.420. The van der Waals surface area contributed by atoms with E-state index in [2.05, 4.69) is 16.8 Å². The molecule has 0 aromatic carbocycles. The fourth-order valence-corrected chi connectivity index (χ4v) is 3.74. The fourth-order valence-electron chi connectivity index (χ4n) is 3.74. The van der Waals surface area contributed by atoms with E-state index in [-0.39, 0.29) is 12.3 Å². The molecule has 22 heavy (non-hydrogen) atoms. The van der Waals surface area contributed by atoms with Gasteiger partial charge in [-0.15, -0.1) is 0 Å². The Balaban J connectivity index is 1.85. The zero-order valence-electron chi connectivity index (χ0n) is 13.8. The Kier molecular flexibility index (Phi) is 6.68. The number of carboxylic acid groups (broad SMARTS) is 1. The predicted molar refractivity (Wildman–Crippen MR) is 85.7 cm³/mol. The van der Waals surface area contributed by atoms with Crippen LogP contribution in [0.3, 0.4) is 0 Å². The Hall–Kier alpha value is -1.10. The summed E-state index contributed by atoms with van der Waals surface area (Å²) >= 11 is 0. The molecule has 2 aliphatic rings. The third kappa shape index (κ3) is 4.97. The first-order valence-corrected chi connectivity index (χ1v) is 8.78. The Bertz CT molecular complexity index is 378. The molecule has 126 valence electrons. The van der Waals surface area contributed by atoms with Crippen LogP contribution in [0.4, 0.5) is 0 Å². The van der Waals surface area contributed by atoms with Crippen LogP contribution in [-0.2, 0) is 9.59 Å². The monoisotopic (exact) mass is 310 g/mol. The Labute approximate surface area is 133 Å². The van der Waals surface area contributed by atoms with Gasteiger partial charge in [0, 0.05) is 24.9 Å². The second-order valence-electron chi connectivity index (χ2n) is 6.90. The summed E-state index contributed by atoms with van der Waals surface area (Å²) < 4.78 is 0. The van der Waals surface area contributed by atoms with Gasteiger partial charge >= 0.3 is 5.97 Å². The van der Waals surface area contributed by atoms with Crippen LogP contribution in [0, 0.1) is 5.92 Å². The lowest BCUT2D eigenvalue weighted by Crippen LogP contribution is -2.48. The molecule has 0 aromatic rings. The number of carboxylic acids is 1. The molecular weight excluding hydrogens is 280 g/mol. The van der Waals surface area contributed by atoms with Gasteiger partial charge in [-0.05, 0) is 58.7 Å². The van der Waals surface area contributed by atoms with Gasteiger partial charge < -0.3 is 14.9 Å². The minimum Gasteiger partial charge on any atom is -0.481 e. The van der Waals surface area contributed by atoms with E-state index in [4.69, 9.17) is 5.11 Å². The summed E-state index contributed by atoms with van der Waals surface area (Å²) in [6.07, 6.45) is 8.02. The van der Waals surface area contributed by atoms with Gasteiger partial charge in [-0.25, -0.2) is 0 Å². The number of likely N-dealkylation sites (tertiary alicyclic amines) is 2. The number of carbonyl (C=O) groups excluding carboxylic acids is 1. The summed E-state index contributed by atoms with van der Waals surface area (Å²) in [6.45, 7) is 3.08. The quantitative estimate of drug-likeness (QED) is 0.765. The second kappa shape index (κ2) is 8.51. The van der Waals surface area contributed by atoms with Crippen molar-refractivity contribution in [2.75, 3.05) is 26.7 Å². The van der Waals surface area contributed by atoms with Crippen molar-refractivity contribution in [3.05, 3.63) is 0 Å². The standard InChI is InChI=1S/C17H30N2O3/c1-18-12-9-15(10-13-18)19-11-5-4-7-14(17(19)22)6-2-3-8-16(20)21/h14-15H,2-13H2,1H3,(H,20,21). The summed E-state index contributed by atoms with van der Waals surface area (Å²) in [5, 5.41) is 8.70. The SMILES string of the molecule is CN1CCC(N2CCCCC(CCCCC(=O)O)C2=O)CC1. The number of nitrogens with zero attached hydrogens (tertiary/aromatic N) is 2. The van der Waals surface area contributed by atoms with Crippen molar-refractivity contribution in [3.8, 4) is 0 Å². The maximum atomic E-state index is 12.9. The highest BCUT2D eigenvalue weighted by Crippen LogP contribution is 2.27. The topological polar surface area (TPSA) is 60.9 Å². The van der Waals surface area contributed by atoms with Crippen LogP contribution >= 0.6 is 0 Å². The van der Waals surface area contributed by atoms with Crippen LogP contribution in [0.2, 0.25) is 0 Å². The van der Waals surface area contributed by atoms with Crippen LogP contribution in [-0.4, -0.2) is 59.5 Å². The van der Waals surface area contributed by atoms with E-state index in [9.17, 15) is 9.59 Å². The fraction of sp³-hybridized carbons (Fsp3) is 0.882. The molecule has 2 rings (SSSR count). The first-order chi connectivity index (χ1) is 10.6. The minimum atomic E-state index is -0.736. The first kappa shape index (κ1) is 17.3. The maximum absolute atomic E-state index is 12.9. The van der Waals surface area contributed by atoms with Crippen LogP contribution in [0.15, 0.2) is 0 Å². The smallest absolute Gasteiger partial charge is 0.303 e. The lowest BCUT2D eigenvalue weighted by molar-refractivity contribution is -0.138. The average molecular weight is 310 g/mol. The van der Waals surface area contributed by atoms with Crippen molar-refractivity contribution < 1.29 is 14.7 Å². The number of aliphatic carboxylic acids is 1. The van der Waals surface area contributed by atoms with Crippen molar-refractivity contribution in [3.63, 3.8) is 0 Å². The Morgan fingerprint density at radius 3 is 2.55 bits per heavy atom. The zero-order valence-corrected chi connectivity index (χ0v) is 13.8. The van der Waals surface area contributed by atoms with Gasteiger partial charge in [-0.2, -0.15) is 0 Å². The molecule has 1 amide bonds. The van der Waals surface area contributed by atoms with Gasteiger partial charge in [0.05, 0.1) is 0 Å². The molecule has 1 unspecified atom stereocenters. The van der Waals surface area contributed by atoms with Crippen molar-refractivity contribution in [2.24, 2.45) is 5.92 Å².